The minimum absolute atomic E-state index is 0.0124. The topological polar surface area (TPSA) is 351 Å². The van der Waals surface area contributed by atoms with Crippen molar-refractivity contribution < 1.29 is 78.2 Å². The van der Waals surface area contributed by atoms with Crippen LogP contribution in [0.25, 0.3) is 0 Å². The summed E-state index contributed by atoms with van der Waals surface area (Å²) in [5.41, 5.74) is 0.886. The summed E-state index contributed by atoms with van der Waals surface area (Å²) in [7, 11) is 3.47. The van der Waals surface area contributed by atoms with E-state index in [1.54, 1.807) is 0 Å². The van der Waals surface area contributed by atoms with Gasteiger partial charge in [-0.2, -0.15) is 0 Å². The number of esters is 1. The van der Waals surface area contributed by atoms with Gasteiger partial charge in [0.2, 0.25) is 18.2 Å². The zero-order valence-electron chi connectivity index (χ0n) is 43.6. The number of rotatable bonds is 32. The van der Waals surface area contributed by atoms with Gasteiger partial charge in [-0.3, -0.25) is 48.2 Å². The maximum absolute atomic E-state index is 12.5. The number of nitrogens with zero attached hydrogens (tertiary/aromatic N) is 3. The third kappa shape index (κ3) is 49.3. The number of nitrogens with one attached hydrogen (secondary N) is 5. The molecule has 10 N–H and O–H groups in total. The molecule has 2 unspecified atom stereocenters. The van der Waals surface area contributed by atoms with Crippen LogP contribution in [0.5, 0.6) is 0 Å². The molecule has 24 nitrogen and oxygen atoms in total. The molecule has 1 saturated heterocycles. The lowest BCUT2D eigenvalue weighted by Crippen LogP contribution is -2.41. The Bertz CT molecular complexity index is 1650. The molecule has 73 heavy (non-hydrogen) atoms. The van der Waals surface area contributed by atoms with E-state index in [1.165, 1.54) is 26.8 Å². The van der Waals surface area contributed by atoms with Crippen LogP contribution < -0.4 is 26.6 Å². The van der Waals surface area contributed by atoms with Crippen molar-refractivity contribution in [1.82, 2.24) is 41.3 Å². The second-order valence-corrected chi connectivity index (χ2v) is 16.5. The summed E-state index contributed by atoms with van der Waals surface area (Å²) >= 11 is 0. The summed E-state index contributed by atoms with van der Waals surface area (Å²) in [6, 6.07) is 7.93. The molecule has 0 radical (unpaired) electrons. The summed E-state index contributed by atoms with van der Waals surface area (Å²) in [5.74, 6) is -5.42. The fraction of sp³-hybridized carbons (Fsp3) is 0.673. The molecule has 0 aromatic heterocycles. The second kappa shape index (κ2) is 49.5. The van der Waals surface area contributed by atoms with Gasteiger partial charge in [0, 0.05) is 72.0 Å². The van der Waals surface area contributed by atoms with E-state index in [0.717, 1.165) is 63.7 Å². The van der Waals surface area contributed by atoms with E-state index in [1.807, 2.05) is 52.5 Å². The Hall–Kier alpha value is -6.08. The predicted molar refractivity (Wildman–Crippen MR) is 273 cm³/mol. The van der Waals surface area contributed by atoms with Crippen LogP contribution in [0.4, 0.5) is 0 Å². The van der Waals surface area contributed by atoms with Crippen molar-refractivity contribution in [1.29, 1.82) is 0 Å². The first-order valence-electron chi connectivity index (χ1n) is 24.7. The highest BCUT2D eigenvalue weighted by molar-refractivity contribution is 5.84. The molecule has 0 saturated carbocycles. The molecule has 24 heteroatoms. The van der Waals surface area contributed by atoms with Gasteiger partial charge in [0.15, 0.2) is 0 Å². The monoisotopic (exact) mass is 1040 g/mol. The van der Waals surface area contributed by atoms with Gasteiger partial charge in [-0.1, -0.05) is 63.4 Å². The van der Waals surface area contributed by atoms with Crippen LogP contribution in [-0.2, 0) is 59.3 Å². The van der Waals surface area contributed by atoms with E-state index in [4.69, 9.17) is 30.3 Å². The van der Waals surface area contributed by atoms with E-state index in [2.05, 4.69) is 40.0 Å². The quantitative estimate of drug-likeness (QED) is 0.0278. The van der Waals surface area contributed by atoms with E-state index in [9.17, 15) is 47.9 Å². The largest absolute Gasteiger partial charge is 0.481 e. The number of likely N-dealkylation sites (N-methyl/N-ethyl adjacent to an activating group) is 2. The lowest BCUT2D eigenvalue weighted by atomic mass is 10.1. The van der Waals surface area contributed by atoms with Crippen LogP contribution in [0.15, 0.2) is 30.3 Å². The fourth-order valence-corrected chi connectivity index (χ4v) is 6.29. The average Bonchev–Trinajstić information content (AvgIpc) is 3.43. The standard InChI is InChI=1S/C23H34N2O5.C12H23N3O4.C6H11NO4.C5H13N.C3H5NO3/c1-19(27)24-16-10-9-14-21(23(29)30-18-20-12-6-5-7-13-20)25-22(28)15-8-3-2-4-11-17-26;1-2-13-3-5-14(9-11(16)17)7-8-15(6-4-13)10-12(18)19;1-7-4(6(10)11)2-3-5(8)9;1-3-4-5-6-2;5-2-4-1-3(6)7/h5-7,12-13,17,21H,2-4,8-11,14-16,18H2,1H3,(H,24,27)(H,25,28);2-10H2,1H3,(H,16,17)(H,18,19);4,7H,2-3H2,1H3,(H,8,9)(H,10,11);6H,3-5H2,1-2H3;2H,1H2,(H,4,5)(H,6,7). The lowest BCUT2D eigenvalue weighted by molar-refractivity contribution is -0.149. The average molecular weight is 1040 g/mol. The molecule has 0 aliphatic carbocycles. The molecule has 1 aliphatic heterocycles. The molecule has 1 aromatic carbocycles. The van der Waals surface area contributed by atoms with Gasteiger partial charge >= 0.3 is 35.8 Å². The number of aliphatic carboxylic acids is 5. The van der Waals surface area contributed by atoms with Gasteiger partial charge in [-0.15, -0.1) is 0 Å². The van der Waals surface area contributed by atoms with Crippen molar-refractivity contribution >= 4 is 60.3 Å². The predicted octanol–water partition coefficient (Wildman–Crippen LogP) is 1.50. The van der Waals surface area contributed by atoms with Crippen molar-refractivity contribution in [3.8, 4) is 0 Å². The molecule has 0 spiro atoms. The molecule has 0 bridgehead atoms. The molecular formula is C49H86N8O16. The minimum atomic E-state index is -1.04. The van der Waals surface area contributed by atoms with E-state index in [-0.39, 0.29) is 50.9 Å². The Morgan fingerprint density at radius 2 is 1.23 bits per heavy atom. The van der Waals surface area contributed by atoms with Crippen LogP contribution in [0.3, 0.4) is 0 Å². The van der Waals surface area contributed by atoms with Gasteiger partial charge in [0.05, 0.1) is 13.1 Å². The molecule has 2 atom stereocenters. The van der Waals surface area contributed by atoms with Gasteiger partial charge in [0.1, 0.15) is 31.5 Å². The number of ether oxygens (including phenoxy) is 1. The molecule has 1 aliphatic rings. The smallest absolute Gasteiger partial charge is 0.328 e. The normalized spacial score (nSPS) is 13.3. The first-order chi connectivity index (χ1) is 34.8. The zero-order chi connectivity index (χ0) is 55.7. The number of benzene rings is 1. The summed E-state index contributed by atoms with van der Waals surface area (Å²) in [4.78, 5) is 113. The van der Waals surface area contributed by atoms with E-state index in [0.29, 0.717) is 71.2 Å². The Morgan fingerprint density at radius 1 is 0.658 bits per heavy atom. The van der Waals surface area contributed by atoms with Crippen LogP contribution in [0, 0.1) is 0 Å². The number of aldehydes is 1. The third-order valence-corrected chi connectivity index (χ3v) is 10.4. The first kappa shape index (κ1) is 71.2. The highest BCUT2D eigenvalue weighted by atomic mass is 16.5. The molecule has 418 valence electrons. The van der Waals surface area contributed by atoms with E-state index >= 15 is 0 Å². The number of unbranched alkanes of at least 4 members (excludes halogenated alkanes) is 6. The summed E-state index contributed by atoms with van der Waals surface area (Å²) in [6.07, 6.45) is 9.93. The Morgan fingerprint density at radius 3 is 1.66 bits per heavy atom. The Balaban J connectivity index is -0.000000963. The number of hydrogen-bond donors (Lipinski definition) is 10. The molecule has 1 heterocycles. The molecule has 1 fully saturated rings. The van der Waals surface area contributed by atoms with Crippen LogP contribution in [0.1, 0.15) is 110 Å². The number of carbonyl (C=O) groups is 10. The van der Waals surface area contributed by atoms with Crippen LogP contribution >= 0.6 is 0 Å². The minimum Gasteiger partial charge on any atom is -0.481 e. The number of hydrogen-bond acceptors (Lipinski definition) is 16. The van der Waals surface area contributed by atoms with E-state index < -0.39 is 47.9 Å². The van der Waals surface area contributed by atoms with Gasteiger partial charge < -0.3 is 66.5 Å². The molecular weight excluding hydrogens is 957 g/mol. The van der Waals surface area contributed by atoms with Crippen molar-refractivity contribution in [2.75, 3.05) is 92.6 Å². The van der Waals surface area contributed by atoms with Crippen molar-refractivity contribution in [2.24, 2.45) is 0 Å². The summed E-state index contributed by atoms with van der Waals surface area (Å²) in [6.45, 7) is 12.4. The fourth-order valence-electron chi connectivity index (χ4n) is 6.29. The van der Waals surface area contributed by atoms with Gasteiger partial charge in [0.25, 0.3) is 0 Å². The zero-order valence-corrected chi connectivity index (χ0v) is 43.6. The number of amides is 3. The number of carboxylic acid groups (broad SMARTS) is 5. The number of carboxylic acids is 5. The molecule has 2 rings (SSSR count). The maximum atomic E-state index is 12.5. The lowest BCUT2D eigenvalue weighted by Gasteiger charge is -2.23. The van der Waals surface area contributed by atoms with Gasteiger partial charge in [-0.05, 0) is 77.7 Å². The molecule has 3 amide bonds. The van der Waals surface area contributed by atoms with Crippen LogP contribution in [-0.4, -0.2) is 205 Å². The maximum Gasteiger partial charge on any atom is 0.328 e. The van der Waals surface area contributed by atoms with Crippen LogP contribution in [0.2, 0.25) is 0 Å². The first-order valence-corrected chi connectivity index (χ1v) is 24.7. The SMILES string of the molecule is CC(=O)NCCCCC(NC(=O)CCCCCCC=O)C(=O)OCc1ccccc1.CCCCNC.CCN1CCN(CC(=O)O)CCN(CC(=O)O)CC1.CNC(CCC(=O)O)C(=O)O.O=CNCC(=O)O. The van der Waals surface area contributed by atoms with Crippen molar-refractivity contribution in [2.45, 2.75) is 123 Å². The highest BCUT2D eigenvalue weighted by Crippen LogP contribution is 2.09. The third-order valence-electron chi connectivity index (χ3n) is 10.4. The number of carbonyl (C=O) groups excluding carboxylic acids is 5. The van der Waals surface area contributed by atoms with Gasteiger partial charge in [-0.25, -0.2) is 4.79 Å². The summed E-state index contributed by atoms with van der Waals surface area (Å²) < 4.78 is 5.40. The van der Waals surface area contributed by atoms with Crippen molar-refractivity contribution in [3.05, 3.63) is 35.9 Å². The summed E-state index contributed by atoms with van der Waals surface area (Å²) in [5, 5.41) is 55.3. The Labute approximate surface area is 430 Å². The molecule has 1 aromatic rings. The van der Waals surface area contributed by atoms with Crippen molar-refractivity contribution in [3.63, 3.8) is 0 Å². The highest BCUT2D eigenvalue weighted by Gasteiger charge is 2.22. The Kier molecular flexibility index (Phi) is 48.3. The second-order valence-electron chi connectivity index (χ2n) is 16.5.